The molecule has 0 spiro atoms. The van der Waals surface area contributed by atoms with Gasteiger partial charge in [0, 0.05) is 0 Å². The minimum absolute atomic E-state index is 0.242. The summed E-state index contributed by atoms with van der Waals surface area (Å²) < 4.78 is 4.04. The molecule has 0 saturated heterocycles. The molecule has 3 rings (SSSR count). The Morgan fingerprint density at radius 1 is 1.35 bits per heavy atom. The van der Waals surface area contributed by atoms with E-state index in [1.165, 1.54) is 46.8 Å². The van der Waals surface area contributed by atoms with E-state index in [0.29, 0.717) is 0 Å². The van der Waals surface area contributed by atoms with Crippen molar-refractivity contribution in [2.45, 2.75) is 44.6 Å². The molecular weight excluding hydrogens is 266 g/mol. The zero-order valence-corrected chi connectivity index (χ0v) is 12.7. The molecule has 1 heterocycles. The number of aromatic nitrogens is 2. The van der Waals surface area contributed by atoms with Crippen molar-refractivity contribution in [1.82, 2.24) is 14.9 Å². The van der Waals surface area contributed by atoms with E-state index in [2.05, 4.69) is 46.1 Å². The highest BCUT2D eigenvalue weighted by Crippen LogP contribution is 2.40. The fraction of sp³-hybridized carbons (Fsp3) is 0.500. The van der Waals surface area contributed by atoms with Crippen LogP contribution >= 0.6 is 11.5 Å². The minimum Gasteiger partial charge on any atom is -0.305 e. The van der Waals surface area contributed by atoms with E-state index in [4.69, 9.17) is 0 Å². The molecule has 20 heavy (non-hydrogen) atoms. The second-order valence-corrected chi connectivity index (χ2v) is 6.28. The second-order valence-electron chi connectivity index (χ2n) is 5.46. The molecule has 1 N–H and O–H groups in total. The molecule has 0 radical (unpaired) electrons. The Morgan fingerprint density at radius 3 is 2.85 bits per heavy atom. The van der Waals surface area contributed by atoms with Crippen molar-refractivity contribution in [2.75, 3.05) is 6.54 Å². The lowest BCUT2D eigenvalue weighted by molar-refractivity contribution is 0.414. The summed E-state index contributed by atoms with van der Waals surface area (Å²) in [5, 5.41) is 7.68. The van der Waals surface area contributed by atoms with Crippen LogP contribution in [0.15, 0.2) is 30.5 Å². The van der Waals surface area contributed by atoms with Crippen LogP contribution in [0.3, 0.4) is 0 Å². The molecule has 1 aliphatic carbocycles. The summed E-state index contributed by atoms with van der Waals surface area (Å²) in [5.74, 6) is 0.748. The molecule has 1 aromatic heterocycles. The first-order valence-corrected chi connectivity index (χ1v) is 8.27. The molecule has 1 aromatic carbocycles. The number of nitrogens with one attached hydrogen (secondary N) is 1. The predicted octanol–water partition coefficient (Wildman–Crippen LogP) is 3.89. The van der Waals surface area contributed by atoms with Crippen LogP contribution in [0.2, 0.25) is 0 Å². The monoisotopic (exact) mass is 287 g/mol. The molecule has 0 amide bonds. The van der Waals surface area contributed by atoms with Crippen LogP contribution in [-0.4, -0.2) is 16.1 Å². The van der Waals surface area contributed by atoms with Crippen molar-refractivity contribution >= 4 is 11.5 Å². The molecule has 0 bridgehead atoms. The highest BCUT2D eigenvalue weighted by atomic mass is 32.1. The second kappa shape index (κ2) is 6.46. The Bertz CT molecular complexity index is 534. The highest BCUT2D eigenvalue weighted by Gasteiger charge is 2.26. The maximum absolute atomic E-state index is 4.04. The van der Waals surface area contributed by atoms with E-state index in [1.807, 2.05) is 6.20 Å². The van der Waals surface area contributed by atoms with Gasteiger partial charge in [0.15, 0.2) is 0 Å². The van der Waals surface area contributed by atoms with Crippen LogP contribution in [0.5, 0.6) is 0 Å². The fourth-order valence-electron chi connectivity index (χ4n) is 2.82. The van der Waals surface area contributed by atoms with E-state index in [1.54, 1.807) is 0 Å². The van der Waals surface area contributed by atoms with Gasteiger partial charge in [0.2, 0.25) is 0 Å². The smallest absolute Gasteiger partial charge is 0.0706 e. The summed E-state index contributed by atoms with van der Waals surface area (Å²) in [6, 6.07) is 9.12. The van der Waals surface area contributed by atoms with Gasteiger partial charge in [-0.3, -0.25) is 0 Å². The predicted molar refractivity (Wildman–Crippen MR) is 83.1 cm³/mol. The lowest BCUT2D eigenvalue weighted by atomic mass is 9.77. The lowest BCUT2D eigenvalue weighted by Crippen LogP contribution is -2.25. The summed E-state index contributed by atoms with van der Waals surface area (Å²) in [7, 11) is 0. The summed E-state index contributed by atoms with van der Waals surface area (Å²) in [4.78, 5) is 1.21. The van der Waals surface area contributed by atoms with E-state index in [0.717, 1.165) is 18.9 Å². The van der Waals surface area contributed by atoms with Gasteiger partial charge in [0.1, 0.15) is 0 Å². The minimum atomic E-state index is 0.242. The van der Waals surface area contributed by atoms with Gasteiger partial charge in [-0.1, -0.05) is 42.1 Å². The first-order chi connectivity index (χ1) is 9.90. The zero-order chi connectivity index (χ0) is 13.8. The number of rotatable bonds is 6. The Kier molecular flexibility index (Phi) is 4.43. The fourth-order valence-corrected chi connectivity index (χ4v) is 3.42. The first-order valence-electron chi connectivity index (χ1n) is 7.49. The van der Waals surface area contributed by atoms with Gasteiger partial charge < -0.3 is 5.32 Å². The molecule has 2 aromatic rings. The van der Waals surface area contributed by atoms with Gasteiger partial charge in [0.25, 0.3) is 0 Å². The van der Waals surface area contributed by atoms with Crippen molar-refractivity contribution in [3.8, 4) is 0 Å². The van der Waals surface area contributed by atoms with Crippen LogP contribution in [0.4, 0.5) is 0 Å². The molecule has 1 unspecified atom stereocenters. The summed E-state index contributed by atoms with van der Waals surface area (Å²) in [5.41, 5.74) is 2.93. The van der Waals surface area contributed by atoms with Crippen LogP contribution in [0.1, 0.15) is 60.6 Å². The third-order valence-electron chi connectivity index (χ3n) is 4.11. The van der Waals surface area contributed by atoms with Crippen molar-refractivity contribution in [3.63, 3.8) is 0 Å². The quantitative estimate of drug-likeness (QED) is 0.875. The normalized spacial score (nSPS) is 16.9. The van der Waals surface area contributed by atoms with E-state index < -0.39 is 0 Å². The number of hydrogen-bond donors (Lipinski definition) is 1. The number of nitrogens with zero attached hydrogens (tertiary/aromatic N) is 2. The maximum Gasteiger partial charge on any atom is 0.0706 e. The van der Waals surface area contributed by atoms with Gasteiger partial charge in [-0.15, -0.1) is 5.10 Å². The molecule has 106 valence electrons. The standard InChI is InChI=1S/C16H21N3S/c1-2-10-17-16(15-11-18-19-20-15)14-9-4-3-8-13(14)12-6-5-7-12/h3-4,8-9,11-12,16-17H,2,5-7,10H2,1H3. The highest BCUT2D eigenvalue weighted by molar-refractivity contribution is 7.05. The molecule has 1 aliphatic rings. The summed E-state index contributed by atoms with van der Waals surface area (Å²) in [6.07, 6.45) is 7.06. The Hall–Kier alpha value is -1.26. The van der Waals surface area contributed by atoms with Gasteiger partial charge in [0.05, 0.1) is 17.1 Å². The molecule has 1 atom stereocenters. The van der Waals surface area contributed by atoms with Crippen LogP contribution < -0.4 is 5.32 Å². The van der Waals surface area contributed by atoms with E-state index in [-0.39, 0.29) is 6.04 Å². The lowest BCUT2D eigenvalue weighted by Gasteiger charge is -2.30. The topological polar surface area (TPSA) is 37.8 Å². The Morgan fingerprint density at radius 2 is 2.20 bits per heavy atom. The van der Waals surface area contributed by atoms with E-state index >= 15 is 0 Å². The molecule has 4 heteroatoms. The SMILES string of the molecule is CCCNC(c1cnns1)c1ccccc1C1CCC1. The third-order valence-corrected chi connectivity index (χ3v) is 4.84. The van der Waals surface area contributed by atoms with Crippen LogP contribution in [0.25, 0.3) is 0 Å². The average molecular weight is 287 g/mol. The molecule has 0 aliphatic heterocycles. The van der Waals surface area contributed by atoms with Crippen molar-refractivity contribution < 1.29 is 0 Å². The number of benzene rings is 1. The summed E-state index contributed by atoms with van der Waals surface area (Å²) in [6.45, 7) is 3.22. The maximum atomic E-state index is 4.04. The molecular formula is C16H21N3S. The van der Waals surface area contributed by atoms with Gasteiger partial charge >= 0.3 is 0 Å². The van der Waals surface area contributed by atoms with Crippen LogP contribution in [0, 0.1) is 0 Å². The van der Waals surface area contributed by atoms with Gasteiger partial charge in [-0.25, -0.2) is 0 Å². The van der Waals surface area contributed by atoms with Crippen molar-refractivity contribution in [1.29, 1.82) is 0 Å². The average Bonchev–Trinajstić information content (AvgIpc) is 2.93. The molecule has 3 nitrogen and oxygen atoms in total. The first kappa shape index (κ1) is 13.7. The number of hydrogen-bond acceptors (Lipinski definition) is 4. The summed E-state index contributed by atoms with van der Waals surface area (Å²) >= 11 is 1.50. The zero-order valence-electron chi connectivity index (χ0n) is 11.9. The van der Waals surface area contributed by atoms with E-state index in [9.17, 15) is 0 Å². The third kappa shape index (κ3) is 2.76. The van der Waals surface area contributed by atoms with Crippen molar-refractivity contribution in [3.05, 3.63) is 46.5 Å². The van der Waals surface area contributed by atoms with Gasteiger partial charge in [-0.2, -0.15) is 0 Å². The van der Waals surface area contributed by atoms with Crippen molar-refractivity contribution in [2.24, 2.45) is 0 Å². The molecule has 1 saturated carbocycles. The Balaban J connectivity index is 1.94. The largest absolute Gasteiger partial charge is 0.305 e. The Labute approximate surface area is 124 Å². The van der Waals surface area contributed by atoms with Crippen LogP contribution in [-0.2, 0) is 0 Å². The molecule has 1 fully saturated rings. The van der Waals surface area contributed by atoms with Gasteiger partial charge in [-0.05, 0) is 54.4 Å².